The molecule has 1 atom stereocenters. The van der Waals surface area contributed by atoms with Crippen LogP contribution in [0.4, 0.5) is 14.9 Å². The molecule has 6 nitrogen and oxygen atoms in total. The number of amides is 2. The van der Waals surface area contributed by atoms with Gasteiger partial charge in [-0.25, -0.2) is 22.7 Å². The number of piperidine rings is 1. The summed E-state index contributed by atoms with van der Waals surface area (Å²) >= 11 is 0. The molecule has 20 heavy (non-hydrogen) atoms. The lowest BCUT2D eigenvalue weighted by Crippen LogP contribution is -2.48. The van der Waals surface area contributed by atoms with Crippen molar-refractivity contribution in [2.24, 2.45) is 5.14 Å². The predicted molar refractivity (Wildman–Crippen MR) is 73.1 cm³/mol. The van der Waals surface area contributed by atoms with Crippen LogP contribution in [0.3, 0.4) is 0 Å². The van der Waals surface area contributed by atoms with Gasteiger partial charge in [-0.1, -0.05) is 0 Å². The first-order valence-electron chi connectivity index (χ1n) is 6.19. The third-order valence-electron chi connectivity index (χ3n) is 3.23. The lowest BCUT2D eigenvalue weighted by molar-refractivity contribution is 0.200. The van der Waals surface area contributed by atoms with Crippen molar-refractivity contribution in [1.29, 1.82) is 0 Å². The first-order valence-corrected chi connectivity index (χ1v) is 7.80. The van der Waals surface area contributed by atoms with E-state index in [0.717, 1.165) is 0 Å². The lowest BCUT2D eigenvalue weighted by atomic mass is 10.1. The van der Waals surface area contributed by atoms with E-state index >= 15 is 0 Å². The minimum Gasteiger partial charge on any atom is -0.323 e. The molecule has 1 saturated heterocycles. The molecule has 1 aromatic rings. The highest BCUT2D eigenvalue weighted by Crippen LogP contribution is 2.17. The fraction of sp³-hybridized carbons (Fsp3) is 0.417. The van der Waals surface area contributed by atoms with Gasteiger partial charge in [-0.05, 0) is 37.1 Å². The van der Waals surface area contributed by atoms with Gasteiger partial charge in [0.05, 0.1) is 5.25 Å². The van der Waals surface area contributed by atoms with Gasteiger partial charge >= 0.3 is 6.03 Å². The van der Waals surface area contributed by atoms with Crippen LogP contribution in [0.2, 0.25) is 0 Å². The fourth-order valence-corrected chi connectivity index (χ4v) is 3.01. The number of sulfonamides is 1. The average Bonchev–Trinajstić information content (AvgIpc) is 2.40. The van der Waals surface area contributed by atoms with Crippen molar-refractivity contribution in [3.8, 4) is 0 Å². The van der Waals surface area contributed by atoms with Gasteiger partial charge in [0.25, 0.3) is 0 Å². The van der Waals surface area contributed by atoms with E-state index in [1.165, 1.54) is 29.2 Å². The normalized spacial score (nSPS) is 19.7. The smallest absolute Gasteiger partial charge is 0.321 e. The number of likely N-dealkylation sites (tertiary alicyclic amines) is 1. The van der Waals surface area contributed by atoms with Crippen molar-refractivity contribution < 1.29 is 17.6 Å². The molecule has 1 heterocycles. The number of carbonyl (C=O) groups excluding carboxylic acids is 1. The summed E-state index contributed by atoms with van der Waals surface area (Å²) in [5, 5.41) is 6.98. The van der Waals surface area contributed by atoms with Crippen molar-refractivity contribution in [3.63, 3.8) is 0 Å². The minimum absolute atomic E-state index is 0.0753. The van der Waals surface area contributed by atoms with Crippen LogP contribution in [0, 0.1) is 5.82 Å². The first kappa shape index (κ1) is 14.7. The SMILES string of the molecule is NS(=O)(=O)C1CCCN(C(=O)Nc2ccc(F)cc2)C1. The van der Waals surface area contributed by atoms with Crippen molar-refractivity contribution in [2.45, 2.75) is 18.1 Å². The highest BCUT2D eigenvalue weighted by Gasteiger charge is 2.30. The second-order valence-electron chi connectivity index (χ2n) is 4.74. The third-order valence-corrected chi connectivity index (χ3v) is 4.54. The monoisotopic (exact) mass is 301 g/mol. The Morgan fingerprint density at radius 3 is 2.60 bits per heavy atom. The van der Waals surface area contributed by atoms with Crippen molar-refractivity contribution in [1.82, 2.24) is 4.90 Å². The zero-order chi connectivity index (χ0) is 14.8. The Hall–Kier alpha value is -1.67. The van der Waals surface area contributed by atoms with Gasteiger partial charge in [-0.15, -0.1) is 0 Å². The highest BCUT2D eigenvalue weighted by atomic mass is 32.2. The van der Waals surface area contributed by atoms with Crippen LogP contribution in [0.5, 0.6) is 0 Å². The maximum Gasteiger partial charge on any atom is 0.321 e. The van der Waals surface area contributed by atoms with Gasteiger partial charge in [0.15, 0.2) is 0 Å². The van der Waals surface area contributed by atoms with E-state index in [-0.39, 0.29) is 6.54 Å². The van der Waals surface area contributed by atoms with E-state index in [9.17, 15) is 17.6 Å². The van der Waals surface area contributed by atoms with Gasteiger partial charge in [0.1, 0.15) is 5.82 Å². The van der Waals surface area contributed by atoms with E-state index in [0.29, 0.717) is 25.1 Å². The average molecular weight is 301 g/mol. The summed E-state index contributed by atoms with van der Waals surface area (Å²) in [7, 11) is -3.64. The zero-order valence-electron chi connectivity index (χ0n) is 10.8. The number of benzene rings is 1. The largest absolute Gasteiger partial charge is 0.323 e. The van der Waals surface area contributed by atoms with Gasteiger partial charge < -0.3 is 10.2 Å². The summed E-state index contributed by atoms with van der Waals surface area (Å²) in [6.45, 7) is 0.547. The van der Waals surface area contributed by atoms with Crippen LogP contribution in [0.25, 0.3) is 0 Å². The first-order chi connectivity index (χ1) is 9.36. The maximum absolute atomic E-state index is 12.8. The molecule has 2 rings (SSSR count). The Kier molecular flexibility index (Phi) is 4.24. The number of hydrogen-bond donors (Lipinski definition) is 2. The minimum atomic E-state index is -3.64. The predicted octanol–water partition coefficient (Wildman–Crippen LogP) is 1.11. The second-order valence-corrected chi connectivity index (χ2v) is 6.58. The topological polar surface area (TPSA) is 92.5 Å². The number of nitrogens with one attached hydrogen (secondary N) is 1. The molecule has 3 N–H and O–H groups in total. The molecule has 110 valence electrons. The van der Waals surface area contributed by atoms with Crippen molar-refractivity contribution >= 4 is 21.7 Å². The maximum atomic E-state index is 12.8. The summed E-state index contributed by atoms with van der Waals surface area (Å²) in [5.74, 6) is -0.393. The van der Waals surface area contributed by atoms with E-state index < -0.39 is 27.1 Å². The molecule has 0 spiro atoms. The zero-order valence-corrected chi connectivity index (χ0v) is 11.6. The van der Waals surface area contributed by atoms with Gasteiger partial charge in [-0.2, -0.15) is 0 Å². The number of nitrogens with two attached hydrogens (primary N) is 1. The molecule has 8 heteroatoms. The molecule has 0 aromatic heterocycles. The Balaban J connectivity index is 2.00. The number of urea groups is 1. The standard InChI is InChI=1S/C12H16FN3O3S/c13-9-3-5-10(6-4-9)15-12(17)16-7-1-2-11(8-16)20(14,18)19/h3-6,11H,1-2,7-8H2,(H,15,17)(H2,14,18,19). The second kappa shape index (κ2) is 5.76. The Morgan fingerprint density at radius 1 is 1.35 bits per heavy atom. The third kappa shape index (κ3) is 3.67. The number of carbonyl (C=O) groups is 1. The highest BCUT2D eigenvalue weighted by molar-refractivity contribution is 7.89. The number of anilines is 1. The van der Waals surface area contributed by atoms with Crippen molar-refractivity contribution in [3.05, 3.63) is 30.1 Å². The number of hydrogen-bond acceptors (Lipinski definition) is 3. The van der Waals surface area contributed by atoms with E-state index in [2.05, 4.69) is 5.32 Å². The molecule has 2 amide bonds. The Morgan fingerprint density at radius 2 is 2.00 bits per heavy atom. The molecule has 1 fully saturated rings. The molecule has 0 saturated carbocycles. The lowest BCUT2D eigenvalue weighted by Gasteiger charge is -2.31. The molecule has 0 bridgehead atoms. The Labute approximate surface area is 116 Å². The fourth-order valence-electron chi connectivity index (χ4n) is 2.13. The summed E-state index contributed by atoms with van der Waals surface area (Å²) in [4.78, 5) is 13.4. The molecule has 1 aliphatic heterocycles. The van der Waals surface area contributed by atoms with Gasteiger partial charge in [-0.3, -0.25) is 0 Å². The van der Waals surface area contributed by atoms with Crippen LogP contribution in [0.15, 0.2) is 24.3 Å². The number of primary sulfonamides is 1. The molecule has 0 aliphatic carbocycles. The quantitative estimate of drug-likeness (QED) is 0.857. The summed E-state index contributed by atoms with van der Waals surface area (Å²) in [5.41, 5.74) is 0.453. The molecule has 0 radical (unpaired) electrons. The van der Waals surface area contributed by atoms with Crippen LogP contribution < -0.4 is 10.5 Å². The van der Waals surface area contributed by atoms with E-state index in [1.54, 1.807) is 0 Å². The molecule has 1 unspecified atom stereocenters. The number of rotatable bonds is 2. The van der Waals surface area contributed by atoms with Crippen LogP contribution in [0.1, 0.15) is 12.8 Å². The Bertz CT molecular complexity index is 588. The van der Waals surface area contributed by atoms with Gasteiger partial charge in [0.2, 0.25) is 10.0 Å². The number of halogens is 1. The van der Waals surface area contributed by atoms with Crippen LogP contribution in [-0.4, -0.2) is 37.7 Å². The van der Waals surface area contributed by atoms with Crippen molar-refractivity contribution in [2.75, 3.05) is 18.4 Å². The summed E-state index contributed by atoms with van der Waals surface area (Å²) in [6, 6.07) is 4.94. The molecule has 1 aliphatic rings. The molecular weight excluding hydrogens is 285 g/mol. The molecule has 1 aromatic carbocycles. The summed E-state index contributed by atoms with van der Waals surface area (Å²) in [6.07, 6.45) is 1.04. The van der Waals surface area contributed by atoms with Crippen LogP contribution in [-0.2, 0) is 10.0 Å². The van der Waals surface area contributed by atoms with E-state index in [4.69, 9.17) is 5.14 Å². The summed E-state index contributed by atoms with van der Waals surface area (Å²) < 4.78 is 35.4. The van der Waals surface area contributed by atoms with Gasteiger partial charge in [0, 0.05) is 18.8 Å². The number of nitrogens with zero attached hydrogens (tertiary/aromatic N) is 1. The van der Waals surface area contributed by atoms with Crippen LogP contribution >= 0.6 is 0 Å². The van der Waals surface area contributed by atoms with E-state index in [1.807, 2.05) is 0 Å². The molecular formula is C12H16FN3O3S.